The van der Waals surface area contributed by atoms with E-state index in [-0.39, 0.29) is 0 Å². The summed E-state index contributed by atoms with van der Waals surface area (Å²) < 4.78 is 0. The van der Waals surface area contributed by atoms with Crippen LogP contribution >= 0.6 is 11.6 Å². The van der Waals surface area contributed by atoms with Gasteiger partial charge in [-0.05, 0) is 87.0 Å². The van der Waals surface area contributed by atoms with E-state index in [4.69, 9.17) is 17.3 Å². The van der Waals surface area contributed by atoms with Gasteiger partial charge in [-0.15, -0.1) is 0 Å². The van der Waals surface area contributed by atoms with Crippen molar-refractivity contribution in [2.24, 2.45) is 5.73 Å². The van der Waals surface area contributed by atoms with Crippen molar-refractivity contribution in [1.82, 2.24) is 10.3 Å². The number of carbonyl (C=O) groups excluding carboxylic acids is 1. The molecule has 2 heterocycles. The van der Waals surface area contributed by atoms with Crippen molar-refractivity contribution >= 4 is 34.6 Å². The number of aromatic nitrogens is 1. The fourth-order valence-electron chi connectivity index (χ4n) is 4.12. The molecule has 1 aliphatic rings. The van der Waals surface area contributed by atoms with Crippen LogP contribution in [0.25, 0.3) is 10.9 Å². The lowest BCUT2D eigenvalue weighted by molar-refractivity contribution is -0.109. The van der Waals surface area contributed by atoms with Crippen molar-refractivity contribution < 1.29 is 4.79 Å². The van der Waals surface area contributed by atoms with E-state index in [1.165, 1.54) is 60.2 Å². The normalized spacial score (nSPS) is 13.6. The second-order valence-corrected chi connectivity index (χ2v) is 8.43. The molecule has 0 unspecified atom stereocenters. The number of fused-ring (bicyclic) bond motifs is 1. The van der Waals surface area contributed by atoms with Crippen LogP contribution in [0, 0.1) is 6.92 Å². The van der Waals surface area contributed by atoms with Gasteiger partial charge in [-0.2, -0.15) is 0 Å². The van der Waals surface area contributed by atoms with Gasteiger partial charge in [0.2, 0.25) is 6.41 Å². The summed E-state index contributed by atoms with van der Waals surface area (Å²) in [5.41, 5.74) is 11.8. The number of nitrogens with one attached hydrogen (secondary N) is 2. The highest BCUT2D eigenvalue weighted by Crippen LogP contribution is 2.25. The molecule has 1 fully saturated rings. The van der Waals surface area contributed by atoms with E-state index in [9.17, 15) is 4.79 Å². The molecule has 0 bridgehead atoms. The van der Waals surface area contributed by atoms with Crippen LogP contribution in [0.4, 0.5) is 5.69 Å². The van der Waals surface area contributed by atoms with E-state index in [0.717, 1.165) is 29.8 Å². The van der Waals surface area contributed by atoms with Gasteiger partial charge < -0.3 is 20.9 Å². The molecule has 1 amide bonds. The summed E-state index contributed by atoms with van der Waals surface area (Å²) in [5, 5.41) is 4.65. The zero-order valence-corrected chi connectivity index (χ0v) is 19.0. The number of hydrogen-bond acceptors (Lipinski definition) is 3. The van der Waals surface area contributed by atoms with E-state index >= 15 is 0 Å². The first-order valence-electron chi connectivity index (χ1n) is 11.1. The van der Waals surface area contributed by atoms with Crippen molar-refractivity contribution in [1.29, 1.82) is 0 Å². The van der Waals surface area contributed by atoms with Crippen molar-refractivity contribution in [2.45, 2.75) is 39.0 Å². The number of rotatable bonds is 7. The summed E-state index contributed by atoms with van der Waals surface area (Å²) in [4.78, 5) is 15.9. The highest BCUT2D eigenvalue weighted by atomic mass is 35.5. The summed E-state index contributed by atoms with van der Waals surface area (Å²) in [7, 11) is 0. The maximum absolute atomic E-state index is 10.1. The molecule has 166 valence electrons. The maximum atomic E-state index is 10.1. The Labute approximate surface area is 190 Å². The monoisotopic (exact) mass is 440 g/mol. The molecule has 1 saturated heterocycles. The Bertz CT molecular complexity index is 962. The van der Waals surface area contributed by atoms with Crippen LogP contribution in [0.5, 0.6) is 0 Å². The van der Waals surface area contributed by atoms with Gasteiger partial charge in [-0.3, -0.25) is 4.79 Å². The van der Waals surface area contributed by atoms with E-state index in [2.05, 4.69) is 46.4 Å². The summed E-state index contributed by atoms with van der Waals surface area (Å²) in [6, 6.07) is 14.6. The van der Waals surface area contributed by atoms with Crippen molar-refractivity contribution in [3.63, 3.8) is 0 Å². The molecule has 0 saturated carbocycles. The smallest absolute Gasteiger partial charge is 0.207 e. The third-order valence-corrected chi connectivity index (χ3v) is 6.01. The minimum Gasteiger partial charge on any atom is -0.372 e. The number of benzene rings is 2. The van der Waals surface area contributed by atoms with Crippen LogP contribution in [-0.4, -0.2) is 37.6 Å². The Morgan fingerprint density at radius 1 is 1.10 bits per heavy atom. The van der Waals surface area contributed by atoms with Crippen LogP contribution in [-0.2, 0) is 17.6 Å². The number of halogens is 1. The minimum atomic E-state index is 0.667. The molecule has 3 aromatic rings. The van der Waals surface area contributed by atoms with Gasteiger partial charge in [0.15, 0.2) is 0 Å². The second kappa shape index (κ2) is 11.8. The van der Waals surface area contributed by atoms with E-state index < -0.39 is 0 Å². The third kappa shape index (κ3) is 6.49. The molecule has 0 atom stereocenters. The Balaban J connectivity index is 0.000000179. The maximum Gasteiger partial charge on any atom is 0.207 e. The van der Waals surface area contributed by atoms with E-state index in [0.29, 0.717) is 13.1 Å². The number of H-pyrrole nitrogens is 1. The van der Waals surface area contributed by atoms with E-state index in [1.807, 2.05) is 18.2 Å². The average Bonchev–Trinajstić information content (AvgIpc) is 3.10. The quantitative estimate of drug-likeness (QED) is 0.371. The van der Waals surface area contributed by atoms with Gasteiger partial charge >= 0.3 is 0 Å². The van der Waals surface area contributed by atoms with E-state index in [1.54, 1.807) is 0 Å². The summed E-state index contributed by atoms with van der Waals surface area (Å²) in [6.07, 6.45) is 6.54. The lowest BCUT2D eigenvalue weighted by atomic mass is 10.1. The lowest BCUT2D eigenvalue weighted by Crippen LogP contribution is -2.29. The molecule has 0 spiro atoms. The molecular formula is C25H33ClN4O. The molecule has 4 N–H and O–H groups in total. The number of piperidine rings is 1. The first-order chi connectivity index (χ1) is 15.1. The summed E-state index contributed by atoms with van der Waals surface area (Å²) in [5.74, 6) is 0. The SMILES string of the molecule is Cc1[nH]c2ccc(Cl)cc2c1CCN.O=CNCCc1ccc(N2CCCCC2)cc1. The molecular weight excluding hydrogens is 408 g/mol. The van der Waals surface area contributed by atoms with Crippen LogP contribution in [0.2, 0.25) is 5.02 Å². The zero-order valence-electron chi connectivity index (χ0n) is 18.3. The van der Waals surface area contributed by atoms with Crippen LogP contribution in [0.15, 0.2) is 42.5 Å². The van der Waals surface area contributed by atoms with Crippen LogP contribution < -0.4 is 16.0 Å². The molecule has 2 aromatic carbocycles. The van der Waals surface area contributed by atoms with Crippen LogP contribution in [0.3, 0.4) is 0 Å². The molecule has 4 rings (SSSR count). The topological polar surface area (TPSA) is 74.1 Å². The Kier molecular flexibility index (Phi) is 8.80. The molecule has 1 aromatic heterocycles. The molecule has 1 aliphatic heterocycles. The minimum absolute atomic E-state index is 0.667. The molecule has 31 heavy (non-hydrogen) atoms. The highest BCUT2D eigenvalue weighted by Gasteiger charge is 2.10. The van der Waals surface area contributed by atoms with Crippen molar-refractivity contribution in [3.8, 4) is 0 Å². The highest BCUT2D eigenvalue weighted by molar-refractivity contribution is 6.31. The van der Waals surface area contributed by atoms with Gasteiger partial charge in [-0.25, -0.2) is 0 Å². The number of aryl methyl sites for hydroxylation is 1. The number of nitrogens with zero attached hydrogens (tertiary/aromatic N) is 1. The largest absolute Gasteiger partial charge is 0.372 e. The predicted octanol–water partition coefficient (Wildman–Crippen LogP) is 4.60. The number of hydrogen-bond donors (Lipinski definition) is 3. The first kappa shape index (κ1) is 23.2. The predicted molar refractivity (Wildman–Crippen MR) is 131 cm³/mol. The van der Waals surface area contributed by atoms with Gasteiger partial charge in [0.05, 0.1) is 0 Å². The summed E-state index contributed by atoms with van der Waals surface area (Å²) >= 11 is 5.95. The summed E-state index contributed by atoms with van der Waals surface area (Å²) in [6.45, 7) is 5.82. The number of aromatic amines is 1. The third-order valence-electron chi connectivity index (χ3n) is 5.77. The fraction of sp³-hybridized carbons (Fsp3) is 0.400. The molecule has 5 nitrogen and oxygen atoms in total. The van der Waals surface area contributed by atoms with Crippen LogP contribution in [0.1, 0.15) is 36.1 Å². The lowest BCUT2D eigenvalue weighted by Gasteiger charge is -2.28. The fourth-order valence-corrected chi connectivity index (χ4v) is 4.29. The van der Waals surface area contributed by atoms with Gasteiger partial charge in [-0.1, -0.05) is 23.7 Å². The standard InChI is InChI=1S/C14H20N2O.C11H13ClN2/c17-12-15-9-8-13-4-6-14(7-5-13)16-10-2-1-3-11-16;1-7-9(4-5-13)10-6-8(12)2-3-11(10)14-7/h4-7,12H,1-3,8-11H2,(H,15,17);2-3,6,14H,4-5,13H2,1H3. The second-order valence-electron chi connectivity index (χ2n) is 7.99. The molecule has 0 radical (unpaired) electrons. The Hall–Kier alpha value is -2.50. The van der Waals surface area contributed by atoms with Crippen molar-refractivity contribution in [2.75, 3.05) is 31.1 Å². The Morgan fingerprint density at radius 2 is 1.84 bits per heavy atom. The van der Waals surface area contributed by atoms with Gasteiger partial charge in [0.25, 0.3) is 0 Å². The number of nitrogens with two attached hydrogens (primary N) is 1. The van der Waals surface area contributed by atoms with Gasteiger partial charge in [0.1, 0.15) is 0 Å². The van der Waals surface area contributed by atoms with Gasteiger partial charge in [0, 0.05) is 46.9 Å². The number of carbonyl (C=O) groups is 1. The zero-order chi connectivity index (χ0) is 22.1. The number of amides is 1. The van der Waals surface area contributed by atoms with Crippen molar-refractivity contribution in [3.05, 3.63) is 64.3 Å². The molecule has 6 heteroatoms. The average molecular weight is 441 g/mol. The first-order valence-corrected chi connectivity index (χ1v) is 11.5. The molecule has 0 aliphatic carbocycles. The number of anilines is 1. The Morgan fingerprint density at radius 3 is 2.52 bits per heavy atom.